The summed E-state index contributed by atoms with van der Waals surface area (Å²) >= 11 is 0. The third-order valence-corrected chi connectivity index (χ3v) is 5.00. The first-order valence-electron chi connectivity index (χ1n) is 8.84. The molecule has 148 valence electrons. The van der Waals surface area contributed by atoms with E-state index >= 15 is 0 Å². The molecule has 8 heteroatoms. The van der Waals surface area contributed by atoms with Gasteiger partial charge in [-0.3, -0.25) is 13.8 Å². The van der Waals surface area contributed by atoms with Gasteiger partial charge in [-0.15, -0.1) is 0 Å². The number of hydrogen-bond acceptors (Lipinski definition) is 5. The summed E-state index contributed by atoms with van der Waals surface area (Å²) in [6.07, 6.45) is 9.13. The van der Waals surface area contributed by atoms with E-state index in [0.29, 0.717) is 6.42 Å². The molecule has 0 aromatic heterocycles. The van der Waals surface area contributed by atoms with Crippen LogP contribution in [0.25, 0.3) is 0 Å². The monoisotopic (exact) mass is 380 g/mol. The molecular weight excluding hydrogens is 348 g/mol. The Bertz CT molecular complexity index is 499. The molecule has 0 amide bonds. The van der Waals surface area contributed by atoms with E-state index in [9.17, 15) is 18.0 Å². The van der Waals surface area contributed by atoms with Crippen LogP contribution >= 0.6 is 0 Å². The second kappa shape index (κ2) is 11.5. The highest BCUT2D eigenvalue weighted by molar-refractivity contribution is 7.86. The van der Waals surface area contributed by atoms with Crippen LogP contribution in [0.2, 0.25) is 0 Å². The average Bonchev–Trinajstić information content (AvgIpc) is 2.46. The minimum absolute atomic E-state index is 0.149. The average molecular weight is 381 g/mol. The van der Waals surface area contributed by atoms with Crippen molar-refractivity contribution in [3.63, 3.8) is 0 Å². The van der Waals surface area contributed by atoms with E-state index < -0.39 is 27.5 Å². The third kappa shape index (κ3) is 11.1. The number of hydrogen-bond donors (Lipinski definition) is 2. The summed E-state index contributed by atoms with van der Waals surface area (Å²) in [5.41, 5.74) is -1.69. The molecular formula is C17H32O7S. The van der Waals surface area contributed by atoms with E-state index in [2.05, 4.69) is 0 Å². The van der Waals surface area contributed by atoms with Gasteiger partial charge in [-0.2, -0.15) is 8.42 Å². The predicted octanol–water partition coefficient (Wildman–Crippen LogP) is 3.43. The standard InChI is InChI=1S/C17H32O7S/c1-14(24-25(3,22)23)12-10-8-6-4-5-7-9-11-13-17(2,15(18)19)16(20)21/h14H,4-13H2,1-3H3,(H,18,19)(H,20,21). The van der Waals surface area contributed by atoms with Gasteiger partial charge < -0.3 is 10.2 Å². The van der Waals surface area contributed by atoms with Crippen LogP contribution in [0.4, 0.5) is 0 Å². The molecule has 0 spiro atoms. The largest absolute Gasteiger partial charge is 0.480 e. The zero-order chi connectivity index (χ0) is 19.5. The van der Waals surface area contributed by atoms with E-state index in [0.717, 1.165) is 57.6 Å². The molecule has 2 N–H and O–H groups in total. The van der Waals surface area contributed by atoms with Gasteiger partial charge in [-0.05, 0) is 26.7 Å². The van der Waals surface area contributed by atoms with Crippen LogP contribution in [-0.2, 0) is 23.9 Å². The lowest BCUT2D eigenvalue weighted by Gasteiger charge is -2.19. The van der Waals surface area contributed by atoms with Crippen LogP contribution in [0.1, 0.15) is 78.1 Å². The maximum atomic E-state index is 11.0. The quantitative estimate of drug-likeness (QED) is 0.254. The summed E-state index contributed by atoms with van der Waals surface area (Å²) in [5, 5.41) is 18.0. The highest BCUT2D eigenvalue weighted by atomic mass is 32.2. The van der Waals surface area contributed by atoms with Gasteiger partial charge >= 0.3 is 11.9 Å². The fourth-order valence-electron chi connectivity index (χ4n) is 2.62. The molecule has 0 aliphatic carbocycles. The van der Waals surface area contributed by atoms with Crippen molar-refractivity contribution in [1.29, 1.82) is 0 Å². The van der Waals surface area contributed by atoms with Gasteiger partial charge in [0, 0.05) is 0 Å². The van der Waals surface area contributed by atoms with Crippen molar-refractivity contribution < 1.29 is 32.4 Å². The second-order valence-corrected chi connectivity index (χ2v) is 8.52. The molecule has 0 aromatic carbocycles. The van der Waals surface area contributed by atoms with Crippen LogP contribution in [0, 0.1) is 5.41 Å². The molecule has 7 nitrogen and oxygen atoms in total. The molecule has 0 aliphatic heterocycles. The smallest absolute Gasteiger partial charge is 0.320 e. The number of rotatable bonds is 15. The predicted molar refractivity (Wildman–Crippen MR) is 94.9 cm³/mol. The summed E-state index contributed by atoms with van der Waals surface area (Å²) in [6, 6.07) is 0. The lowest BCUT2D eigenvalue weighted by Crippen LogP contribution is -2.36. The minimum atomic E-state index is -3.38. The molecule has 1 unspecified atom stereocenters. The van der Waals surface area contributed by atoms with Crippen molar-refractivity contribution in [1.82, 2.24) is 0 Å². The first-order valence-corrected chi connectivity index (χ1v) is 10.7. The summed E-state index contributed by atoms with van der Waals surface area (Å²) in [6.45, 7) is 3.01. The third-order valence-electron chi connectivity index (χ3n) is 4.32. The number of aliphatic carboxylic acids is 2. The Hall–Kier alpha value is -1.15. The lowest BCUT2D eigenvalue weighted by molar-refractivity contribution is -0.163. The molecule has 0 aliphatic rings. The Morgan fingerprint density at radius 2 is 1.32 bits per heavy atom. The van der Waals surface area contributed by atoms with E-state index in [1.807, 2.05) is 0 Å². The van der Waals surface area contributed by atoms with Crippen LogP contribution in [-0.4, -0.2) is 42.9 Å². The van der Waals surface area contributed by atoms with Gasteiger partial charge in [0.05, 0.1) is 12.4 Å². The van der Waals surface area contributed by atoms with Crippen LogP contribution < -0.4 is 0 Å². The Labute approximate surface area is 150 Å². The SMILES string of the molecule is CC(CCCCCCCCCCC(C)(C(=O)O)C(=O)O)OS(C)(=O)=O. The van der Waals surface area contributed by atoms with Crippen molar-refractivity contribution in [2.24, 2.45) is 5.41 Å². The molecule has 0 bridgehead atoms. The molecule has 0 rings (SSSR count). The van der Waals surface area contributed by atoms with E-state index in [-0.39, 0.29) is 12.5 Å². The molecule has 0 radical (unpaired) electrons. The minimum Gasteiger partial charge on any atom is -0.480 e. The second-order valence-electron chi connectivity index (χ2n) is 6.92. The molecule has 25 heavy (non-hydrogen) atoms. The lowest BCUT2D eigenvalue weighted by atomic mass is 9.85. The van der Waals surface area contributed by atoms with E-state index in [1.54, 1.807) is 6.92 Å². The molecule has 0 fully saturated rings. The van der Waals surface area contributed by atoms with Crippen molar-refractivity contribution in [2.45, 2.75) is 84.2 Å². The zero-order valence-corrected chi connectivity index (χ0v) is 16.3. The van der Waals surface area contributed by atoms with E-state index in [1.165, 1.54) is 6.92 Å². The van der Waals surface area contributed by atoms with Gasteiger partial charge in [-0.25, -0.2) is 0 Å². The van der Waals surface area contributed by atoms with Gasteiger partial charge in [-0.1, -0.05) is 51.4 Å². The fraction of sp³-hybridized carbons (Fsp3) is 0.882. The fourth-order valence-corrected chi connectivity index (χ4v) is 3.32. The molecule has 0 heterocycles. The number of carbonyl (C=O) groups is 2. The highest BCUT2D eigenvalue weighted by Crippen LogP contribution is 2.25. The Morgan fingerprint density at radius 1 is 0.920 bits per heavy atom. The van der Waals surface area contributed by atoms with Crippen molar-refractivity contribution in [3.8, 4) is 0 Å². The molecule has 0 saturated heterocycles. The summed E-state index contributed by atoms with van der Waals surface area (Å²) < 4.78 is 26.8. The maximum absolute atomic E-state index is 11.0. The van der Waals surface area contributed by atoms with Crippen LogP contribution in [0.15, 0.2) is 0 Å². The Balaban J connectivity index is 3.62. The number of unbranched alkanes of at least 4 members (excludes halogenated alkanes) is 7. The molecule has 0 saturated carbocycles. The summed E-state index contributed by atoms with van der Waals surface area (Å²) in [7, 11) is -3.38. The van der Waals surface area contributed by atoms with Crippen LogP contribution in [0.3, 0.4) is 0 Å². The summed E-state index contributed by atoms with van der Waals surface area (Å²) in [4.78, 5) is 22.1. The normalized spacial score (nSPS) is 13.6. The highest BCUT2D eigenvalue weighted by Gasteiger charge is 2.40. The number of carboxylic acids is 2. The summed E-state index contributed by atoms with van der Waals surface area (Å²) in [5.74, 6) is -2.57. The maximum Gasteiger partial charge on any atom is 0.320 e. The van der Waals surface area contributed by atoms with E-state index in [4.69, 9.17) is 14.4 Å². The topological polar surface area (TPSA) is 118 Å². The van der Waals surface area contributed by atoms with Crippen molar-refractivity contribution in [2.75, 3.05) is 6.26 Å². The Kier molecular flexibility index (Phi) is 10.9. The van der Waals surface area contributed by atoms with Gasteiger partial charge in [0.15, 0.2) is 5.41 Å². The van der Waals surface area contributed by atoms with Crippen molar-refractivity contribution in [3.05, 3.63) is 0 Å². The Morgan fingerprint density at radius 3 is 1.72 bits per heavy atom. The molecule has 0 aromatic rings. The van der Waals surface area contributed by atoms with Gasteiger partial charge in [0.2, 0.25) is 0 Å². The van der Waals surface area contributed by atoms with Crippen LogP contribution in [0.5, 0.6) is 0 Å². The van der Waals surface area contributed by atoms with Gasteiger partial charge in [0.25, 0.3) is 10.1 Å². The first kappa shape index (κ1) is 23.9. The molecule has 1 atom stereocenters. The number of carboxylic acid groups (broad SMARTS) is 2. The first-order chi connectivity index (χ1) is 11.5. The zero-order valence-electron chi connectivity index (χ0n) is 15.5. The van der Waals surface area contributed by atoms with Gasteiger partial charge in [0.1, 0.15) is 0 Å². The van der Waals surface area contributed by atoms with Crippen molar-refractivity contribution >= 4 is 22.1 Å².